The van der Waals surface area contributed by atoms with Crippen LogP contribution in [0.3, 0.4) is 0 Å². The molecule has 6 aromatic rings. The number of hydrogen-bond acceptors (Lipinski definition) is 3. The zero-order valence-corrected chi connectivity index (χ0v) is 24.5. The van der Waals surface area contributed by atoms with Crippen LogP contribution in [-0.4, -0.2) is 15.0 Å². The number of nitrogens with zero attached hydrogens (tertiary/aromatic N) is 3. The van der Waals surface area contributed by atoms with Crippen LogP contribution in [0.5, 0.6) is 0 Å². The van der Waals surface area contributed by atoms with E-state index in [1.807, 2.05) is 36.4 Å². The smallest absolute Gasteiger partial charge is 0.172 e. The van der Waals surface area contributed by atoms with E-state index in [1.54, 1.807) is 6.20 Å². The molecule has 5 heterocycles. The Kier molecular flexibility index (Phi) is 8.06. The first kappa shape index (κ1) is 25.3. The molecule has 5 aromatic heterocycles. The minimum absolute atomic E-state index is 0. The molecule has 6 heteroatoms. The average molecular weight is 685 g/mol. The minimum Gasteiger partial charge on any atom is -0.295 e. The number of aromatic nitrogens is 3. The van der Waals surface area contributed by atoms with E-state index in [0.717, 1.165) is 39.6 Å². The monoisotopic (exact) mass is 685 g/mol. The van der Waals surface area contributed by atoms with E-state index in [9.17, 15) is 0 Å². The molecule has 1 aromatic carbocycles. The third-order valence-electron chi connectivity index (χ3n) is 5.84. The van der Waals surface area contributed by atoms with Gasteiger partial charge in [-0.15, -0.1) is 24.3 Å². The van der Waals surface area contributed by atoms with Crippen LogP contribution in [0.25, 0.3) is 55.5 Å². The molecule has 6 rings (SSSR count). The molecule has 0 saturated heterocycles. The Hall–Kier alpha value is -3.37. The molecule has 0 bridgehead atoms. The van der Waals surface area contributed by atoms with Crippen molar-refractivity contribution in [2.24, 2.45) is 0 Å². The summed E-state index contributed by atoms with van der Waals surface area (Å²) in [5.41, 5.74) is 6.80. The summed E-state index contributed by atoms with van der Waals surface area (Å²) in [5.74, 6) is 2.20. The Balaban J connectivity index is 0.00000280. The molecular weight excluding hydrogens is 663 g/mol. The van der Waals surface area contributed by atoms with Crippen molar-refractivity contribution in [2.45, 2.75) is 0 Å². The number of pyridine rings is 3. The van der Waals surface area contributed by atoms with Crippen molar-refractivity contribution in [1.29, 1.82) is 0 Å². The fourth-order valence-electron chi connectivity index (χ4n) is 4.08. The molecule has 0 aliphatic carbocycles. The Labute approximate surface area is 233 Å². The van der Waals surface area contributed by atoms with Gasteiger partial charge in [0.2, 0.25) is 0 Å². The molecule has 0 spiro atoms. The zero-order chi connectivity index (χ0) is 24.2. The first-order chi connectivity index (χ1) is 17.8. The second kappa shape index (κ2) is 11.8. The first-order valence-electron chi connectivity index (χ1n) is 11.7. The van der Waals surface area contributed by atoms with Crippen LogP contribution in [0.15, 0.2) is 121 Å². The predicted octanol–water partition coefficient (Wildman–Crippen LogP) is 8.63. The maximum absolute atomic E-state index is 5.02. The second-order valence-electron chi connectivity index (χ2n) is 8.26. The SMILES string of the molecule is [Re].[c-]1c(-c2ccccn2)cccc1-c1cccc(-c2cccc(-c3cccc(-c4cccc[pH+]4)n3)[pH+]2)n1. The third-order valence-corrected chi connectivity index (χ3v) is 8.32. The second-order valence-corrected chi connectivity index (χ2v) is 10.8. The largest absolute Gasteiger partial charge is 0.295 e. The maximum Gasteiger partial charge on any atom is 0.172 e. The van der Waals surface area contributed by atoms with Gasteiger partial charge in [0.05, 0.1) is 0 Å². The number of benzene rings is 1. The van der Waals surface area contributed by atoms with Crippen molar-refractivity contribution in [1.82, 2.24) is 15.0 Å². The summed E-state index contributed by atoms with van der Waals surface area (Å²) in [6, 6.07) is 40.8. The van der Waals surface area contributed by atoms with Gasteiger partial charge in [0.1, 0.15) is 39.3 Å². The van der Waals surface area contributed by atoms with Gasteiger partial charge in [-0.05, 0) is 48.5 Å². The van der Waals surface area contributed by atoms with Crippen molar-refractivity contribution in [3.63, 3.8) is 0 Å². The number of rotatable bonds is 5. The minimum atomic E-state index is 0. The van der Waals surface area contributed by atoms with E-state index in [4.69, 9.17) is 9.97 Å². The van der Waals surface area contributed by atoms with Gasteiger partial charge >= 0.3 is 0 Å². The Morgan fingerprint density at radius 1 is 0.486 bits per heavy atom. The van der Waals surface area contributed by atoms with E-state index in [2.05, 4.69) is 89.6 Å². The summed E-state index contributed by atoms with van der Waals surface area (Å²) >= 11 is 0. The zero-order valence-electron chi connectivity index (χ0n) is 19.8. The molecule has 2 unspecified atom stereocenters. The van der Waals surface area contributed by atoms with Crippen molar-refractivity contribution >= 4 is 16.4 Å². The quantitative estimate of drug-likeness (QED) is 0.171. The fourth-order valence-corrected chi connectivity index (χ4v) is 6.13. The van der Waals surface area contributed by atoms with Crippen LogP contribution in [0.2, 0.25) is 0 Å². The van der Waals surface area contributed by atoms with Crippen LogP contribution in [0.4, 0.5) is 0 Å². The van der Waals surface area contributed by atoms with Crippen LogP contribution in [-0.2, 0) is 20.4 Å². The third kappa shape index (κ3) is 5.80. The van der Waals surface area contributed by atoms with Gasteiger partial charge in [0.15, 0.2) is 15.9 Å². The normalized spacial score (nSPS) is 10.9. The van der Waals surface area contributed by atoms with Gasteiger partial charge in [0.25, 0.3) is 0 Å². The van der Waals surface area contributed by atoms with E-state index in [0.29, 0.717) is 16.4 Å². The molecule has 2 atom stereocenters. The van der Waals surface area contributed by atoms with E-state index < -0.39 is 0 Å². The summed E-state index contributed by atoms with van der Waals surface area (Å²) in [4.78, 5) is 14.5. The van der Waals surface area contributed by atoms with Crippen LogP contribution in [0.1, 0.15) is 0 Å². The Morgan fingerprint density at radius 3 is 1.70 bits per heavy atom. The average Bonchev–Trinajstić information content (AvgIpc) is 2.98. The summed E-state index contributed by atoms with van der Waals surface area (Å²) < 4.78 is 0. The van der Waals surface area contributed by atoms with Gasteiger partial charge in [-0.25, -0.2) is 4.98 Å². The molecule has 177 valence electrons. The standard InChI is InChI=1S/C31H20N3P2.Re/c1-3-19-32-24(11-1)22-9-5-10-23(21-22)25-12-6-14-27(33-25)30-17-8-18-31(36-30)28-15-7-13-26(34-28)29-16-2-4-20-35-29;/h1-20H;/q-1;/p+2. The van der Waals surface area contributed by atoms with Gasteiger partial charge < -0.3 is 0 Å². The Morgan fingerprint density at radius 2 is 1.03 bits per heavy atom. The molecule has 0 fully saturated rings. The molecule has 37 heavy (non-hydrogen) atoms. The van der Waals surface area contributed by atoms with Gasteiger partial charge in [-0.1, -0.05) is 53.6 Å². The topological polar surface area (TPSA) is 38.7 Å². The molecule has 0 N–H and O–H groups in total. The summed E-state index contributed by atoms with van der Waals surface area (Å²) in [6.45, 7) is 0. The predicted molar refractivity (Wildman–Crippen MR) is 154 cm³/mol. The molecular formula is C31H22N3P2Re+. The van der Waals surface area contributed by atoms with Crippen molar-refractivity contribution in [3.8, 4) is 55.5 Å². The van der Waals surface area contributed by atoms with Crippen molar-refractivity contribution in [2.75, 3.05) is 0 Å². The summed E-state index contributed by atoms with van der Waals surface area (Å²) in [7, 11) is 1.14. The van der Waals surface area contributed by atoms with Crippen molar-refractivity contribution < 1.29 is 20.4 Å². The summed E-state index contributed by atoms with van der Waals surface area (Å²) in [6.07, 6.45) is 1.80. The van der Waals surface area contributed by atoms with Crippen molar-refractivity contribution in [3.05, 3.63) is 127 Å². The summed E-state index contributed by atoms with van der Waals surface area (Å²) in [5, 5.41) is 3.71. The van der Waals surface area contributed by atoms with Crippen LogP contribution >= 0.6 is 16.4 Å². The Bertz CT molecular complexity index is 1520. The van der Waals surface area contributed by atoms with E-state index in [-0.39, 0.29) is 20.4 Å². The molecule has 0 amide bonds. The maximum atomic E-state index is 5.02. The number of hydrogen-bond donors (Lipinski definition) is 0. The van der Waals surface area contributed by atoms with Crippen LogP contribution in [0, 0.1) is 6.07 Å². The van der Waals surface area contributed by atoms with E-state index in [1.165, 1.54) is 15.9 Å². The molecule has 0 aliphatic rings. The van der Waals surface area contributed by atoms with Gasteiger partial charge in [-0.3, -0.25) is 9.97 Å². The molecule has 0 aliphatic heterocycles. The van der Waals surface area contributed by atoms with Crippen LogP contribution < -0.4 is 0 Å². The first-order valence-corrected chi connectivity index (χ1v) is 13.8. The fraction of sp³-hybridized carbons (Fsp3) is 0. The van der Waals surface area contributed by atoms with Gasteiger partial charge in [0, 0.05) is 38.0 Å². The molecule has 0 saturated carbocycles. The molecule has 1 radical (unpaired) electrons. The van der Waals surface area contributed by atoms with Gasteiger partial charge in [-0.2, -0.15) is 0 Å². The van der Waals surface area contributed by atoms with E-state index >= 15 is 0 Å². The molecule has 3 nitrogen and oxygen atoms in total.